The van der Waals surface area contributed by atoms with Crippen LogP contribution in [0.25, 0.3) is 0 Å². The van der Waals surface area contributed by atoms with Gasteiger partial charge in [-0.1, -0.05) is 0 Å². The zero-order valence-electron chi connectivity index (χ0n) is 15.8. The molecule has 0 spiro atoms. The molecule has 24 heavy (non-hydrogen) atoms. The third-order valence-corrected chi connectivity index (χ3v) is 2.47. The fraction of sp³-hybridized carbons (Fsp3) is 1.00. The van der Waals surface area contributed by atoms with E-state index < -0.39 is 0 Å². The minimum Gasteiger partial charge on any atom is -0.382 e. The second kappa shape index (κ2) is 27.5. The zero-order chi connectivity index (χ0) is 18.1. The Morgan fingerprint density at radius 3 is 0.625 bits per heavy atom. The largest absolute Gasteiger partial charge is 0.382 e. The second-order valence-corrected chi connectivity index (χ2v) is 4.42. The summed E-state index contributed by atoms with van der Waals surface area (Å²) in [5, 5.41) is 0. The Labute approximate surface area is 146 Å². The Bertz CT molecular complexity index is 177. The Balaban J connectivity index is 0. The van der Waals surface area contributed by atoms with Crippen LogP contribution in [0.15, 0.2) is 0 Å². The van der Waals surface area contributed by atoms with E-state index in [1.165, 1.54) is 0 Å². The lowest BCUT2D eigenvalue weighted by Gasteiger charge is -2.06. The van der Waals surface area contributed by atoms with Gasteiger partial charge in [-0.3, -0.25) is 0 Å². The molecular formula is C16H36O8. The van der Waals surface area contributed by atoms with Gasteiger partial charge in [0.15, 0.2) is 0 Å². The first kappa shape index (κ1) is 25.9. The molecule has 0 aromatic heterocycles. The Kier molecular flexibility index (Phi) is 29.7. The first-order chi connectivity index (χ1) is 11.8. The lowest BCUT2D eigenvalue weighted by molar-refractivity contribution is -0.00380. The normalized spacial score (nSPS) is 10.5. The quantitative estimate of drug-likeness (QED) is 0.331. The molecule has 0 aromatic rings. The average Bonchev–Trinajstić information content (AvgIpc) is 2.60. The topological polar surface area (TPSA) is 73.8 Å². The van der Waals surface area contributed by atoms with E-state index in [9.17, 15) is 0 Å². The first-order valence-corrected chi connectivity index (χ1v) is 8.10. The van der Waals surface area contributed by atoms with Gasteiger partial charge in [-0.25, -0.2) is 0 Å². The van der Waals surface area contributed by atoms with Crippen LogP contribution >= 0.6 is 0 Å². The van der Waals surface area contributed by atoms with Gasteiger partial charge < -0.3 is 37.9 Å². The van der Waals surface area contributed by atoms with Crippen LogP contribution in [-0.4, -0.2) is 108 Å². The summed E-state index contributed by atoms with van der Waals surface area (Å²) >= 11 is 0. The summed E-state index contributed by atoms with van der Waals surface area (Å²) in [4.78, 5) is 0. The summed E-state index contributed by atoms with van der Waals surface area (Å²) in [6.07, 6.45) is 0. The minimum atomic E-state index is 0.595. The summed E-state index contributed by atoms with van der Waals surface area (Å²) in [7, 11) is 6.60. The van der Waals surface area contributed by atoms with Crippen LogP contribution in [-0.2, 0) is 37.9 Å². The number of rotatable bonds is 18. The standard InChI is InChI=1S/C10H22O5.C6H14O3/c1-11-3-5-13-7-9-15-10-8-14-6-4-12-2;1-7-3-5-9-6-4-8-2/h3-10H2,1-2H3;3-6H2,1-2H3. The lowest BCUT2D eigenvalue weighted by atomic mass is 10.7. The predicted molar refractivity (Wildman–Crippen MR) is 90.8 cm³/mol. The van der Waals surface area contributed by atoms with Crippen molar-refractivity contribution in [3.05, 3.63) is 0 Å². The summed E-state index contributed by atoms with van der Waals surface area (Å²) in [6.45, 7) is 7.49. The van der Waals surface area contributed by atoms with Crippen LogP contribution in [0, 0.1) is 0 Å². The fourth-order valence-corrected chi connectivity index (χ4v) is 1.21. The van der Waals surface area contributed by atoms with Gasteiger partial charge in [0.05, 0.1) is 79.3 Å². The maximum Gasteiger partial charge on any atom is 0.0701 e. The van der Waals surface area contributed by atoms with E-state index in [4.69, 9.17) is 37.9 Å². The van der Waals surface area contributed by atoms with Crippen molar-refractivity contribution < 1.29 is 37.9 Å². The molecule has 0 N–H and O–H groups in total. The van der Waals surface area contributed by atoms with E-state index in [2.05, 4.69) is 0 Å². The van der Waals surface area contributed by atoms with Gasteiger partial charge in [-0.15, -0.1) is 0 Å². The summed E-state index contributed by atoms with van der Waals surface area (Å²) in [6, 6.07) is 0. The van der Waals surface area contributed by atoms with E-state index in [1.54, 1.807) is 28.4 Å². The molecule has 8 heteroatoms. The second-order valence-electron chi connectivity index (χ2n) is 4.42. The van der Waals surface area contributed by atoms with Crippen molar-refractivity contribution in [3.8, 4) is 0 Å². The van der Waals surface area contributed by atoms with Crippen LogP contribution in [0.1, 0.15) is 0 Å². The molecule has 0 atom stereocenters. The van der Waals surface area contributed by atoms with Crippen LogP contribution in [0.5, 0.6) is 0 Å². The van der Waals surface area contributed by atoms with Crippen LogP contribution in [0.2, 0.25) is 0 Å². The van der Waals surface area contributed by atoms with Gasteiger partial charge in [-0.05, 0) is 0 Å². The maximum absolute atomic E-state index is 5.26. The van der Waals surface area contributed by atoms with Crippen molar-refractivity contribution in [2.45, 2.75) is 0 Å². The molecule has 0 bridgehead atoms. The van der Waals surface area contributed by atoms with Gasteiger partial charge in [0.25, 0.3) is 0 Å². The molecule has 148 valence electrons. The number of hydrogen-bond acceptors (Lipinski definition) is 8. The highest BCUT2D eigenvalue weighted by Gasteiger charge is 1.91. The molecular weight excluding hydrogens is 320 g/mol. The number of methoxy groups -OCH3 is 4. The summed E-state index contributed by atoms with van der Waals surface area (Å²) < 4.78 is 39.9. The van der Waals surface area contributed by atoms with E-state index in [1.807, 2.05) is 0 Å². The number of ether oxygens (including phenoxy) is 8. The van der Waals surface area contributed by atoms with Gasteiger partial charge in [0.1, 0.15) is 0 Å². The summed E-state index contributed by atoms with van der Waals surface area (Å²) in [5.41, 5.74) is 0. The van der Waals surface area contributed by atoms with Crippen molar-refractivity contribution in [1.82, 2.24) is 0 Å². The van der Waals surface area contributed by atoms with Crippen LogP contribution in [0.3, 0.4) is 0 Å². The highest BCUT2D eigenvalue weighted by Crippen LogP contribution is 1.82. The lowest BCUT2D eigenvalue weighted by Crippen LogP contribution is -2.12. The van der Waals surface area contributed by atoms with Gasteiger partial charge in [0, 0.05) is 28.4 Å². The number of hydrogen-bond donors (Lipinski definition) is 0. The van der Waals surface area contributed by atoms with Crippen LogP contribution < -0.4 is 0 Å². The van der Waals surface area contributed by atoms with E-state index in [0.29, 0.717) is 79.3 Å². The molecule has 0 saturated heterocycles. The molecule has 0 unspecified atom stereocenters. The molecule has 0 saturated carbocycles. The smallest absolute Gasteiger partial charge is 0.0701 e. The predicted octanol–water partition coefficient (Wildman–Crippen LogP) is 0.625. The van der Waals surface area contributed by atoms with E-state index in [-0.39, 0.29) is 0 Å². The monoisotopic (exact) mass is 356 g/mol. The molecule has 0 amide bonds. The van der Waals surface area contributed by atoms with Gasteiger partial charge >= 0.3 is 0 Å². The molecule has 0 aliphatic carbocycles. The molecule has 0 aliphatic heterocycles. The maximum atomic E-state index is 5.26. The fourth-order valence-electron chi connectivity index (χ4n) is 1.21. The highest BCUT2D eigenvalue weighted by atomic mass is 16.6. The van der Waals surface area contributed by atoms with Gasteiger partial charge in [0.2, 0.25) is 0 Å². The molecule has 0 radical (unpaired) electrons. The molecule has 0 heterocycles. The van der Waals surface area contributed by atoms with Crippen molar-refractivity contribution in [1.29, 1.82) is 0 Å². The van der Waals surface area contributed by atoms with E-state index >= 15 is 0 Å². The summed E-state index contributed by atoms with van der Waals surface area (Å²) in [5.74, 6) is 0. The van der Waals surface area contributed by atoms with E-state index in [0.717, 1.165) is 0 Å². The Hall–Kier alpha value is -0.320. The van der Waals surface area contributed by atoms with Gasteiger partial charge in [-0.2, -0.15) is 0 Å². The zero-order valence-corrected chi connectivity index (χ0v) is 15.8. The average molecular weight is 356 g/mol. The first-order valence-electron chi connectivity index (χ1n) is 8.10. The van der Waals surface area contributed by atoms with Crippen LogP contribution in [0.4, 0.5) is 0 Å². The third kappa shape index (κ3) is 29.7. The van der Waals surface area contributed by atoms with Crippen molar-refractivity contribution >= 4 is 0 Å². The molecule has 0 aromatic carbocycles. The molecule has 0 fully saturated rings. The van der Waals surface area contributed by atoms with Crippen molar-refractivity contribution in [2.75, 3.05) is 108 Å². The SMILES string of the molecule is COCCOCCOC.COCCOCCOCCOCCOC. The Morgan fingerprint density at radius 1 is 0.292 bits per heavy atom. The molecule has 8 nitrogen and oxygen atoms in total. The molecule has 0 aliphatic rings. The highest BCUT2D eigenvalue weighted by molar-refractivity contribution is 4.34. The van der Waals surface area contributed by atoms with Crippen molar-refractivity contribution in [2.24, 2.45) is 0 Å². The van der Waals surface area contributed by atoms with Crippen molar-refractivity contribution in [3.63, 3.8) is 0 Å². The third-order valence-electron chi connectivity index (χ3n) is 2.47. The minimum absolute atomic E-state index is 0.595. The Morgan fingerprint density at radius 2 is 0.458 bits per heavy atom. The molecule has 0 rings (SSSR count).